The summed E-state index contributed by atoms with van der Waals surface area (Å²) in [5.41, 5.74) is 0.750. The van der Waals surface area contributed by atoms with E-state index in [0.717, 1.165) is 4.90 Å². The molecule has 1 aromatic carbocycles. The van der Waals surface area contributed by atoms with Gasteiger partial charge in [-0.3, -0.25) is 19.3 Å². The lowest BCUT2D eigenvalue weighted by atomic mass is 10.1. The van der Waals surface area contributed by atoms with E-state index < -0.39 is 0 Å². The predicted octanol–water partition coefficient (Wildman–Crippen LogP) is 1.50. The van der Waals surface area contributed by atoms with Crippen molar-refractivity contribution in [3.8, 4) is 0 Å². The summed E-state index contributed by atoms with van der Waals surface area (Å²) in [5.74, 6) is -0.00492. The number of rotatable bonds is 6. The zero-order valence-corrected chi connectivity index (χ0v) is 14.0. The lowest BCUT2D eigenvalue weighted by molar-refractivity contribution is -0.121. The lowest BCUT2D eigenvalue weighted by Gasteiger charge is -2.13. The Balaban J connectivity index is 1.51. The molecule has 1 N–H and O–H groups in total. The zero-order chi connectivity index (χ0) is 18.0. The van der Waals surface area contributed by atoms with E-state index >= 15 is 0 Å². The van der Waals surface area contributed by atoms with E-state index in [1.54, 1.807) is 24.3 Å². The zero-order valence-electron chi connectivity index (χ0n) is 14.0. The molecule has 0 fully saturated rings. The van der Waals surface area contributed by atoms with Crippen LogP contribution in [0.4, 0.5) is 0 Å². The van der Waals surface area contributed by atoms with E-state index in [0.29, 0.717) is 22.8 Å². The maximum atomic E-state index is 12.2. The molecule has 0 bridgehead atoms. The number of carbonyl (C=O) groups is 3. The third-order valence-electron chi connectivity index (χ3n) is 3.88. The highest BCUT2D eigenvalue weighted by Crippen LogP contribution is 2.22. The summed E-state index contributed by atoms with van der Waals surface area (Å²) in [7, 11) is 0. The average molecular weight is 342 g/mol. The Kier molecular flexibility index (Phi) is 4.60. The highest BCUT2D eigenvalue weighted by atomic mass is 16.5. The van der Waals surface area contributed by atoms with Gasteiger partial charge in [-0.1, -0.05) is 31.1 Å². The molecular weight excluding hydrogens is 324 g/mol. The molecule has 3 amide bonds. The molecule has 3 rings (SSSR count). The summed E-state index contributed by atoms with van der Waals surface area (Å²) in [5, 5.41) is 6.45. The van der Waals surface area contributed by atoms with Crippen molar-refractivity contribution in [2.24, 2.45) is 0 Å². The molecular formula is C17H18N4O4. The van der Waals surface area contributed by atoms with E-state index in [1.807, 2.05) is 13.8 Å². The van der Waals surface area contributed by atoms with Gasteiger partial charge in [-0.2, -0.15) is 4.98 Å². The minimum atomic E-state index is -0.369. The summed E-state index contributed by atoms with van der Waals surface area (Å²) in [6, 6.07) is 6.63. The van der Waals surface area contributed by atoms with Crippen molar-refractivity contribution in [3.05, 3.63) is 47.1 Å². The third-order valence-corrected chi connectivity index (χ3v) is 3.88. The van der Waals surface area contributed by atoms with Crippen LogP contribution in [0, 0.1) is 0 Å². The van der Waals surface area contributed by atoms with Gasteiger partial charge in [0.2, 0.25) is 11.8 Å². The number of hydrogen-bond donors (Lipinski definition) is 1. The van der Waals surface area contributed by atoms with Gasteiger partial charge in [-0.15, -0.1) is 0 Å². The minimum absolute atomic E-state index is 0.0106. The first kappa shape index (κ1) is 16.8. The van der Waals surface area contributed by atoms with Crippen LogP contribution in [0.25, 0.3) is 0 Å². The van der Waals surface area contributed by atoms with Gasteiger partial charge in [-0.05, 0) is 12.1 Å². The van der Waals surface area contributed by atoms with Crippen LogP contribution in [0.1, 0.15) is 58.6 Å². The van der Waals surface area contributed by atoms with Crippen LogP contribution in [-0.4, -0.2) is 39.3 Å². The van der Waals surface area contributed by atoms with Crippen molar-refractivity contribution in [2.45, 2.75) is 32.7 Å². The molecule has 1 aliphatic rings. The molecule has 0 aliphatic carbocycles. The van der Waals surface area contributed by atoms with Crippen LogP contribution >= 0.6 is 0 Å². The van der Waals surface area contributed by atoms with Gasteiger partial charge in [0.05, 0.1) is 17.7 Å². The standard InChI is InChI=1S/C17H18N4O4/c1-10(2)15-19-14(25-20-15)9-18-13(22)7-8-21-16(23)11-5-3-4-6-12(11)17(21)24/h3-6,10H,7-9H2,1-2H3,(H,18,22). The number of nitrogens with zero attached hydrogens (tertiary/aromatic N) is 3. The highest BCUT2D eigenvalue weighted by molar-refractivity contribution is 6.21. The van der Waals surface area contributed by atoms with Crippen LogP contribution in [0.3, 0.4) is 0 Å². The number of carbonyl (C=O) groups excluding carboxylic acids is 3. The topological polar surface area (TPSA) is 105 Å². The summed E-state index contributed by atoms with van der Waals surface area (Å²) in [6.45, 7) is 4.02. The molecule has 1 aromatic heterocycles. The van der Waals surface area contributed by atoms with E-state index in [4.69, 9.17) is 4.52 Å². The van der Waals surface area contributed by atoms with Gasteiger partial charge in [-0.25, -0.2) is 0 Å². The van der Waals surface area contributed by atoms with Gasteiger partial charge in [0.25, 0.3) is 11.8 Å². The number of aromatic nitrogens is 2. The highest BCUT2D eigenvalue weighted by Gasteiger charge is 2.34. The van der Waals surface area contributed by atoms with E-state index in [1.165, 1.54) is 0 Å². The Morgan fingerprint density at radius 3 is 2.40 bits per heavy atom. The summed E-state index contributed by atoms with van der Waals surface area (Å²) in [6.07, 6.45) is 0.0106. The maximum absolute atomic E-state index is 12.2. The van der Waals surface area contributed by atoms with Crippen molar-refractivity contribution < 1.29 is 18.9 Å². The van der Waals surface area contributed by atoms with Crippen molar-refractivity contribution in [1.82, 2.24) is 20.4 Å². The normalized spacial score (nSPS) is 13.5. The maximum Gasteiger partial charge on any atom is 0.261 e. The predicted molar refractivity (Wildman–Crippen MR) is 86.7 cm³/mol. The largest absolute Gasteiger partial charge is 0.347 e. The molecule has 130 valence electrons. The van der Waals surface area contributed by atoms with Crippen LogP contribution in [0.15, 0.2) is 28.8 Å². The molecule has 2 heterocycles. The Hall–Kier alpha value is -3.03. The van der Waals surface area contributed by atoms with Crippen LogP contribution < -0.4 is 5.32 Å². The van der Waals surface area contributed by atoms with E-state index in [2.05, 4.69) is 15.5 Å². The van der Waals surface area contributed by atoms with Gasteiger partial charge < -0.3 is 9.84 Å². The van der Waals surface area contributed by atoms with Gasteiger partial charge >= 0.3 is 0 Å². The Morgan fingerprint density at radius 1 is 1.20 bits per heavy atom. The Labute approximate surface area is 144 Å². The molecule has 25 heavy (non-hydrogen) atoms. The fourth-order valence-electron chi connectivity index (χ4n) is 2.49. The quantitative estimate of drug-likeness (QED) is 0.798. The monoisotopic (exact) mass is 342 g/mol. The van der Waals surface area contributed by atoms with E-state index in [-0.39, 0.29) is 43.1 Å². The second-order valence-corrected chi connectivity index (χ2v) is 6.04. The molecule has 0 saturated heterocycles. The van der Waals surface area contributed by atoms with E-state index in [9.17, 15) is 14.4 Å². The molecule has 0 spiro atoms. The number of amides is 3. The average Bonchev–Trinajstić information content (AvgIpc) is 3.17. The number of fused-ring (bicyclic) bond motifs is 1. The molecule has 0 unspecified atom stereocenters. The lowest BCUT2D eigenvalue weighted by Crippen LogP contribution is -2.34. The number of imide groups is 1. The van der Waals surface area contributed by atoms with Gasteiger partial charge in [0.15, 0.2) is 5.82 Å². The first-order valence-corrected chi connectivity index (χ1v) is 8.01. The van der Waals surface area contributed by atoms with Crippen molar-refractivity contribution >= 4 is 17.7 Å². The minimum Gasteiger partial charge on any atom is -0.347 e. The van der Waals surface area contributed by atoms with Gasteiger partial charge in [0.1, 0.15) is 0 Å². The Bertz CT molecular complexity index is 793. The number of hydrogen-bond acceptors (Lipinski definition) is 6. The molecule has 0 saturated carbocycles. The summed E-state index contributed by atoms with van der Waals surface area (Å²) >= 11 is 0. The molecule has 0 atom stereocenters. The second-order valence-electron chi connectivity index (χ2n) is 6.04. The smallest absolute Gasteiger partial charge is 0.261 e. The van der Waals surface area contributed by atoms with Crippen LogP contribution in [0.5, 0.6) is 0 Å². The molecule has 8 nitrogen and oxygen atoms in total. The molecule has 8 heteroatoms. The molecule has 1 aliphatic heterocycles. The van der Waals surface area contributed by atoms with Crippen LogP contribution in [0.2, 0.25) is 0 Å². The third kappa shape index (κ3) is 3.42. The number of benzene rings is 1. The first-order chi connectivity index (χ1) is 12.0. The Morgan fingerprint density at radius 2 is 1.84 bits per heavy atom. The summed E-state index contributed by atoms with van der Waals surface area (Å²) in [4.78, 5) is 41.6. The fraction of sp³-hybridized carbons (Fsp3) is 0.353. The number of nitrogens with one attached hydrogen (secondary N) is 1. The molecule has 0 radical (unpaired) electrons. The van der Waals surface area contributed by atoms with Crippen molar-refractivity contribution in [1.29, 1.82) is 0 Å². The molecule has 2 aromatic rings. The SMILES string of the molecule is CC(C)c1noc(CNC(=O)CCN2C(=O)c3ccccc3C2=O)n1. The second kappa shape index (κ2) is 6.84. The fourth-order valence-corrected chi connectivity index (χ4v) is 2.49. The van der Waals surface area contributed by atoms with Gasteiger partial charge in [0, 0.05) is 18.9 Å². The van der Waals surface area contributed by atoms with Crippen LogP contribution in [-0.2, 0) is 11.3 Å². The first-order valence-electron chi connectivity index (χ1n) is 8.01. The van der Waals surface area contributed by atoms with Crippen molar-refractivity contribution in [3.63, 3.8) is 0 Å². The van der Waals surface area contributed by atoms with Crippen molar-refractivity contribution in [2.75, 3.05) is 6.54 Å². The summed E-state index contributed by atoms with van der Waals surface area (Å²) < 4.78 is 5.04.